The fourth-order valence-corrected chi connectivity index (χ4v) is 3.60. The Balaban J connectivity index is 1.84. The average Bonchev–Trinajstić information content (AvgIpc) is 2.87. The minimum Gasteiger partial charge on any atom is -0.465 e. The number of benzene rings is 3. The van der Waals surface area contributed by atoms with Crippen molar-refractivity contribution in [2.24, 2.45) is 0 Å². The lowest BCUT2D eigenvalue weighted by molar-refractivity contribution is -0.226. The first-order valence-electron chi connectivity index (χ1n) is 11.7. The van der Waals surface area contributed by atoms with Gasteiger partial charge >= 0.3 is 18.0 Å². The van der Waals surface area contributed by atoms with Crippen molar-refractivity contribution in [3.05, 3.63) is 101 Å². The second kappa shape index (κ2) is 11.5. The maximum atomic E-state index is 14.2. The number of alkyl halides is 2. The summed E-state index contributed by atoms with van der Waals surface area (Å²) in [5.74, 6) is -4.13. The van der Waals surface area contributed by atoms with Crippen molar-refractivity contribution in [3.8, 4) is 5.75 Å². The number of carbonyl (C=O) groups is 3. The van der Waals surface area contributed by atoms with Crippen LogP contribution in [0.5, 0.6) is 5.75 Å². The van der Waals surface area contributed by atoms with Crippen molar-refractivity contribution in [2.45, 2.75) is 44.8 Å². The molecular formula is C29H27F3O6. The van der Waals surface area contributed by atoms with E-state index < -0.39 is 35.4 Å². The maximum Gasteiger partial charge on any atom is 0.502 e. The van der Waals surface area contributed by atoms with Gasteiger partial charge in [-0.25, -0.2) is 14.0 Å². The molecule has 0 spiro atoms. The lowest BCUT2D eigenvalue weighted by Gasteiger charge is -2.23. The monoisotopic (exact) mass is 528 g/mol. The highest BCUT2D eigenvalue weighted by Crippen LogP contribution is 2.29. The van der Waals surface area contributed by atoms with E-state index >= 15 is 0 Å². The molecule has 3 rings (SSSR count). The molecule has 0 amide bonds. The molecule has 3 aromatic rings. The summed E-state index contributed by atoms with van der Waals surface area (Å²) >= 11 is 0. The molecule has 3 aromatic carbocycles. The van der Waals surface area contributed by atoms with Crippen molar-refractivity contribution in [2.75, 3.05) is 7.11 Å². The van der Waals surface area contributed by atoms with Crippen LogP contribution >= 0.6 is 0 Å². The lowest BCUT2D eigenvalue weighted by atomic mass is 9.85. The van der Waals surface area contributed by atoms with Crippen LogP contribution in [0.3, 0.4) is 0 Å². The second-order valence-electron chi connectivity index (χ2n) is 9.51. The van der Waals surface area contributed by atoms with E-state index in [2.05, 4.69) is 4.74 Å². The Morgan fingerprint density at radius 1 is 0.816 bits per heavy atom. The molecule has 1 unspecified atom stereocenters. The van der Waals surface area contributed by atoms with Crippen LogP contribution in [-0.4, -0.2) is 36.5 Å². The SMILES string of the molecule is COC(=O)c1ccc(C(Cc2ccc(OC(F)(F)C(=O)OC(C)(C)C)cc2)C(=O)c2ccc(F)cc2)cc1. The predicted octanol–water partition coefficient (Wildman–Crippen LogP) is 6.13. The lowest BCUT2D eigenvalue weighted by Crippen LogP contribution is -2.41. The Bertz CT molecular complexity index is 1280. The minimum absolute atomic E-state index is 0.163. The summed E-state index contributed by atoms with van der Waals surface area (Å²) in [4.78, 5) is 37.0. The fraction of sp³-hybridized carbons (Fsp3) is 0.276. The molecule has 6 nitrogen and oxygen atoms in total. The van der Waals surface area contributed by atoms with E-state index in [1.54, 1.807) is 12.1 Å². The Morgan fingerprint density at radius 3 is 1.89 bits per heavy atom. The molecule has 0 saturated carbocycles. The summed E-state index contributed by atoms with van der Waals surface area (Å²) in [5, 5.41) is 0. The second-order valence-corrected chi connectivity index (χ2v) is 9.51. The van der Waals surface area contributed by atoms with E-state index in [9.17, 15) is 27.6 Å². The van der Waals surface area contributed by atoms with Crippen LogP contribution in [0.2, 0.25) is 0 Å². The van der Waals surface area contributed by atoms with Gasteiger partial charge in [0, 0.05) is 5.56 Å². The van der Waals surface area contributed by atoms with Crippen molar-refractivity contribution < 1.29 is 41.8 Å². The molecule has 0 saturated heterocycles. The highest BCUT2D eigenvalue weighted by Gasteiger charge is 2.46. The van der Waals surface area contributed by atoms with Gasteiger partial charge in [0.05, 0.1) is 18.6 Å². The molecule has 0 radical (unpaired) electrons. The Kier molecular flexibility index (Phi) is 8.60. The van der Waals surface area contributed by atoms with Gasteiger partial charge < -0.3 is 14.2 Å². The first-order chi connectivity index (χ1) is 17.8. The number of halogens is 3. The summed E-state index contributed by atoms with van der Waals surface area (Å²) in [6.45, 7) is 4.38. The highest BCUT2D eigenvalue weighted by molar-refractivity contribution is 6.01. The number of rotatable bonds is 9. The van der Waals surface area contributed by atoms with Gasteiger partial charge in [-0.05, 0) is 86.8 Å². The highest BCUT2D eigenvalue weighted by atomic mass is 19.3. The number of Topliss-reactive ketones (excluding diaryl/α,β-unsaturated/α-hetero) is 1. The molecule has 200 valence electrons. The molecule has 38 heavy (non-hydrogen) atoms. The Morgan fingerprint density at radius 2 is 1.37 bits per heavy atom. The van der Waals surface area contributed by atoms with Crippen LogP contribution in [0.4, 0.5) is 13.2 Å². The van der Waals surface area contributed by atoms with E-state index in [1.807, 2.05) is 0 Å². The molecule has 1 atom stereocenters. The van der Waals surface area contributed by atoms with Gasteiger partial charge in [0.25, 0.3) is 0 Å². The number of methoxy groups -OCH3 is 1. The minimum atomic E-state index is -4.20. The molecule has 0 aliphatic heterocycles. The molecule has 0 heterocycles. The molecule has 0 bridgehead atoms. The van der Waals surface area contributed by atoms with Crippen LogP contribution in [0.25, 0.3) is 0 Å². The molecule has 0 N–H and O–H groups in total. The summed E-state index contributed by atoms with van der Waals surface area (Å²) in [6, 6.07) is 16.9. The molecule has 0 aliphatic rings. The molecular weight excluding hydrogens is 501 g/mol. The largest absolute Gasteiger partial charge is 0.502 e. The smallest absolute Gasteiger partial charge is 0.465 e. The van der Waals surface area contributed by atoms with E-state index in [0.717, 1.165) is 0 Å². The average molecular weight is 529 g/mol. The van der Waals surface area contributed by atoms with Gasteiger partial charge in [-0.15, -0.1) is 0 Å². The van der Waals surface area contributed by atoms with E-state index in [4.69, 9.17) is 9.47 Å². The molecule has 0 aliphatic carbocycles. The van der Waals surface area contributed by atoms with Crippen LogP contribution in [0, 0.1) is 5.82 Å². The zero-order valence-corrected chi connectivity index (χ0v) is 21.3. The van der Waals surface area contributed by atoms with Crippen molar-refractivity contribution in [3.63, 3.8) is 0 Å². The van der Waals surface area contributed by atoms with Crippen molar-refractivity contribution in [1.82, 2.24) is 0 Å². The van der Waals surface area contributed by atoms with Crippen LogP contribution in [0.15, 0.2) is 72.8 Å². The van der Waals surface area contributed by atoms with Gasteiger partial charge in [-0.1, -0.05) is 24.3 Å². The van der Waals surface area contributed by atoms with Crippen molar-refractivity contribution in [1.29, 1.82) is 0 Å². The third-order valence-corrected chi connectivity index (χ3v) is 5.43. The number of hydrogen-bond donors (Lipinski definition) is 0. The van der Waals surface area contributed by atoms with E-state index in [1.165, 1.54) is 88.5 Å². The Labute approximate surface area is 218 Å². The summed E-state index contributed by atoms with van der Waals surface area (Å²) < 4.78 is 55.8. The predicted molar refractivity (Wildman–Crippen MR) is 133 cm³/mol. The zero-order valence-electron chi connectivity index (χ0n) is 21.3. The fourth-order valence-electron chi connectivity index (χ4n) is 3.60. The molecule has 0 aromatic heterocycles. The normalized spacial score (nSPS) is 12.4. The number of carbonyl (C=O) groups excluding carboxylic acids is 3. The van der Waals surface area contributed by atoms with Crippen LogP contribution < -0.4 is 4.74 Å². The quantitative estimate of drug-likeness (QED) is 0.245. The molecule has 9 heteroatoms. The third kappa shape index (κ3) is 7.44. The number of ether oxygens (including phenoxy) is 3. The summed E-state index contributed by atoms with van der Waals surface area (Å²) in [6.07, 6.45) is -4.03. The van der Waals surface area contributed by atoms with Gasteiger partial charge in [-0.3, -0.25) is 4.79 Å². The Hall–Kier alpha value is -4.14. The summed E-state index contributed by atoms with van der Waals surface area (Å²) in [5.41, 5.74) is 0.663. The first kappa shape index (κ1) is 28.4. The van der Waals surface area contributed by atoms with Crippen molar-refractivity contribution >= 4 is 17.7 Å². The van der Waals surface area contributed by atoms with Gasteiger partial charge in [-0.2, -0.15) is 8.78 Å². The summed E-state index contributed by atoms with van der Waals surface area (Å²) in [7, 11) is 1.26. The maximum absolute atomic E-state index is 14.2. The third-order valence-electron chi connectivity index (χ3n) is 5.43. The van der Waals surface area contributed by atoms with Gasteiger partial charge in [0.15, 0.2) is 5.78 Å². The topological polar surface area (TPSA) is 78.9 Å². The first-order valence-corrected chi connectivity index (χ1v) is 11.7. The van der Waals surface area contributed by atoms with Gasteiger partial charge in [0.1, 0.15) is 17.2 Å². The van der Waals surface area contributed by atoms with Crippen LogP contribution in [-0.2, 0) is 20.7 Å². The van der Waals surface area contributed by atoms with E-state index in [-0.39, 0.29) is 23.5 Å². The van der Waals surface area contributed by atoms with Gasteiger partial charge in [0.2, 0.25) is 0 Å². The number of hydrogen-bond acceptors (Lipinski definition) is 6. The standard InChI is InChI=1S/C29H27F3O6/c1-28(2,3)38-27(35)29(31,32)37-23-15-5-18(6-16-23)17-24(25(33)20-11-13-22(30)14-12-20)19-7-9-21(10-8-19)26(34)36-4/h5-16,24H,17H2,1-4H3. The number of esters is 2. The zero-order chi connectivity index (χ0) is 28.1. The molecule has 0 fully saturated rings. The van der Waals surface area contributed by atoms with Crippen LogP contribution in [0.1, 0.15) is 58.5 Å². The van der Waals surface area contributed by atoms with E-state index in [0.29, 0.717) is 16.7 Å². The number of ketones is 1.